The molecule has 0 radical (unpaired) electrons. The molecule has 1 aliphatic heterocycles. The van der Waals surface area contributed by atoms with Gasteiger partial charge in [0.2, 0.25) is 5.91 Å². The number of nitrogens with one attached hydrogen (secondary N) is 2. The highest BCUT2D eigenvalue weighted by Gasteiger charge is 2.25. The Morgan fingerprint density at radius 2 is 2.06 bits per heavy atom. The smallest absolute Gasteiger partial charge is 0.249 e. The third kappa shape index (κ3) is 5.50. The summed E-state index contributed by atoms with van der Waals surface area (Å²) < 4.78 is 5.77. The van der Waals surface area contributed by atoms with Gasteiger partial charge in [-0.05, 0) is 47.5 Å². The molecule has 1 amide bonds. The largest absolute Gasteiger partial charge is 0.364 e. The van der Waals surface area contributed by atoms with Gasteiger partial charge >= 0.3 is 0 Å². The van der Waals surface area contributed by atoms with Gasteiger partial charge in [0.05, 0.1) is 6.10 Å². The van der Waals surface area contributed by atoms with Crippen LogP contribution in [0.1, 0.15) is 47.5 Å². The van der Waals surface area contributed by atoms with Gasteiger partial charge in [-0.1, -0.05) is 0 Å². The Hall–Kier alpha value is -0.610. The molecule has 0 spiro atoms. The molecule has 4 nitrogen and oxygen atoms in total. The van der Waals surface area contributed by atoms with Crippen LogP contribution in [0.25, 0.3) is 0 Å². The fourth-order valence-electron chi connectivity index (χ4n) is 1.91. The van der Waals surface area contributed by atoms with E-state index in [1.54, 1.807) is 0 Å². The summed E-state index contributed by atoms with van der Waals surface area (Å²) in [4.78, 5) is 11.8. The van der Waals surface area contributed by atoms with E-state index in [4.69, 9.17) is 4.74 Å². The molecule has 0 bridgehead atoms. The molecule has 0 saturated carbocycles. The fourth-order valence-corrected chi connectivity index (χ4v) is 1.91. The molecule has 0 aliphatic carbocycles. The van der Waals surface area contributed by atoms with Crippen LogP contribution in [0.3, 0.4) is 0 Å². The lowest BCUT2D eigenvalue weighted by Crippen LogP contribution is -2.48. The maximum atomic E-state index is 11.8. The highest BCUT2D eigenvalue weighted by molar-refractivity contribution is 5.81. The summed E-state index contributed by atoms with van der Waals surface area (Å²) in [6.45, 7) is 10.8. The Morgan fingerprint density at radius 3 is 2.53 bits per heavy atom. The molecule has 3 atom stereocenters. The first kappa shape index (κ1) is 14.5. The Labute approximate surface area is 104 Å². The van der Waals surface area contributed by atoms with Crippen LogP contribution in [0.4, 0.5) is 0 Å². The Kier molecular flexibility index (Phi) is 4.95. The van der Waals surface area contributed by atoms with Crippen molar-refractivity contribution in [3.8, 4) is 0 Å². The molecule has 100 valence electrons. The molecular weight excluding hydrogens is 216 g/mol. The first-order valence-corrected chi connectivity index (χ1v) is 6.49. The van der Waals surface area contributed by atoms with Crippen molar-refractivity contribution >= 4 is 5.91 Å². The highest BCUT2D eigenvalue weighted by Crippen LogP contribution is 2.13. The zero-order valence-electron chi connectivity index (χ0n) is 11.7. The van der Waals surface area contributed by atoms with Crippen molar-refractivity contribution in [2.75, 3.05) is 6.54 Å². The van der Waals surface area contributed by atoms with Crippen LogP contribution in [0, 0.1) is 0 Å². The topological polar surface area (TPSA) is 50.4 Å². The summed E-state index contributed by atoms with van der Waals surface area (Å²) in [5.41, 5.74) is -0.200. The molecule has 1 heterocycles. The van der Waals surface area contributed by atoms with E-state index in [0.29, 0.717) is 6.04 Å². The van der Waals surface area contributed by atoms with E-state index >= 15 is 0 Å². The summed E-state index contributed by atoms with van der Waals surface area (Å²) in [7, 11) is 0. The molecule has 1 aliphatic rings. The average molecular weight is 242 g/mol. The molecule has 4 heteroatoms. The minimum absolute atomic E-state index is 0.0314. The predicted octanol–water partition coefficient (Wildman–Crippen LogP) is 1.45. The molecule has 0 aromatic heterocycles. The van der Waals surface area contributed by atoms with Crippen molar-refractivity contribution in [3.63, 3.8) is 0 Å². The van der Waals surface area contributed by atoms with Crippen LogP contribution < -0.4 is 10.6 Å². The van der Waals surface area contributed by atoms with Crippen molar-refractivity contribution in [1.29, 1.82) is 0 Å². The number of carbonyl (C=O) groups is 1. The summed E-state index contributed by atoms with van der Waals surface area (Å²) in [6.07, 6.45) is 1.92. The van der Waals surface area contributed by atoms with Gasteiger partial charge in [0.15, 0.2) is 0 Å². The van der Waals surface area contributed by atoms with Gasteiger partial charge in [0.1, 0.15) is 6.10 Å². The summed E-state index contributed by atoms with van der Waals surface area (Å²) in [5.74, 6) is -0.0314. The zero-order valence-corrected chi connectivity index (χ0v) is 11.7. The first-order valence-electron chi connectivity index (χ1n) is 6.49. The Balaban J connectivity index is 2.33. The number of carbonyl (C=O) groups excluding carboxylic acids is 1. The van der Waals surface area contributed by atoms with Crippen LogP contribution in [0.2, 0.25) is 0 Å². The lowest BCUT2D eigenvalue weighted by Gasteiger charge is -2.30. The number of piperidine rings is 1. The van der Waals surface area contributed by atoms with E-state index in [1.807, 2.05) is 27.7 Å². The third-order valence-electron chi connectivity index (χ3n) is 2.88. The molecule has 1 rings (SSSR count). The van der Waals surface area contributed by atoms with Gasteiger partial charge in [0, 0.05) is 18.1 Å². The minimum Gasteiger partial charge on any atom is -0.364 e. The zero-order chi connectivity index (χ0) is 13.1. The van der Waals surface area contributed by atoms with E-state index < -0.39 is 0 Å². The first-order chi connectivity index (χ1) is 7.78. The molecular formula is C13H26N2O2. The molecule has 3 unspecified atom stereocenters. The second-order valence-corrected chi connectivity index (χ2v) is 6.03. The minimum atomic E-state index is -0.380. The Bertz CT molecular complexity index is 253. The van der Waals surface area contributed by atoms with Gasteiger partial charge < -0.3 is 15.4 Å². The third-order valence-corrected chi connectivity index (χ3v) is 2.88. The molecule has 2 N–H and O–H groups in total. The number of ether oxygens (including phenoxy) is 1. The Morgan fingerprint density at radius 1 is 1.41 bits per heavy atom. The average Bonchev–Trinajstić information content (AvgIpc) is 2.19. The van der Waals surface area contributed by atoms with Crippen LogP contribution in [0.5, 0.6) is 0 Å². The number of amides is 1. The monoisotopic (exact) mass is 242 g/mol. The van der Waals surface area contributed by atoms with E-state index in [0.717, 1.165) is 19.4 Å². The fraction of sp³-hybridized carbons (Fsp3) is 0.923. The molecule has 1 fully saturated rings. The van der Waals surface area contributed by atoms with E-state index in [9.17, 15) is 4.79 Å². The van der Waals surface area contributed by atoms with Crippen LogP contribution in [0.15, 0.2) is 0 Å². The van der Waals surface area contributed by atoms with Crippen molar-refractivity contribution in [2.45, 2.75) is 71.2 Å². The van der Waals surface area contributed by atoms with E-state index in [1.165, 1.54) is 0 Å². The predicted molar refractivity (Wildman–Crippen MR) is 68.9 cm³/mol. The van der Waals surface area contributed by atoms with Gasteiger partial charge in [-0.2, -0.15) is 0 Å². The van der Waals surface area contributed by atoms with E-state index in [2.05, 4.69) is 17.6 Å². The van der Waals surface area contributed by atoms with Gasteiger partial charge in [-0.15, -0.1) is 0 Å². The number of rotatable bonds is 3. The number of hydrogen-bond donors (Lipinski definition) is 2. The van der Waals surface area contributed by atoms with Crippen molar-refractivity contribution in [1.82, 2.24) is 10.6 Å². The van der Waals surface area contributed by atoms with Gasteiger partial charge in [-0.3, -0.25) is 4.79 Å². The standard InChI is InChI=1S/C13H26N2O2/c1-9-6-7-11(8-14-9)17-10(2)12(16)15-13(3,4)5/h9-11,14H,6-8H2,1-5H3,(H,15,16). The lowest BCUT2D eigenvalue weighted by atomic mass is 10.0. The van der Waals surface area contributed by atoms with Crippen molar-refractivity contribution < 1.29 is 9.53 Å². The maximum absolute atomic E-state index is 11.8. The van der Waals surface area contributed by atoms with Crippen LogP contribution in [-0.4, -0.2) is 36.2 Å². The maximum Gasteiger partial charge on any atom is 0.249 e. The van der Waals surface area contributed by atoms with Gasteiger partial charge in [-0.25, -0.2) is 0 Å². The quantitative estimate of drug-likeness (QED) is 0.787. The lowest BCUT2D eigenvalue weighted by molar-refractivity contribution is -0.137. The van der Waals surface area contributed by atoms with Crippen LogP contribution >= 0.6 is 0 Å². The number of hydrogen-bond acceptors (Lipinski definition) is 3. The van der Waals surface area contributed by atoms with Crippen LogP contribution in [-0.2, 0) is 9.53 Å². The normalized spacial score (nSPS) is 27.6. The SMILES string of the molecule is CC1CCC(OC(C)C(=O)NC(C)(C)C)CN1. The molecule has 17 heavy (non-hydrogen) atoms. The highest BCUT2D eigenvalue weighted by atomic mass is 16.5. The van der Waals surface area contributed by atoms with Crippen molar-refractivity contribution in [3.05, 3.63) is 0 Å². The van der Waals surface area contributed by atoms with Gasteiger partial charge in [0.25, 0.3) is 0 Å². The summed E-state index contributed by atoms with van der Waals surface area (Å²) in [6, 6.07) is 0.563. The van der Waals surface area contributed by atoms with Crippen molar-refractivity contribution in [2.24, 2.45) is 0 Å². The summed E-state index contributed by atoms with van der Waals surface area (Å²) >= 11 is 0. The molecule has 0 aromatic carbocycles. The summed E-state index contributed by atoms with van der Waals surface area (Å²) in [5, 5.41) is 6.30. The van der Waals surface area contributed by atoms with E-state index in [-0.39, 0.29) is 23.7 Å². The second kappa shape index (κ2) is 5.83. The molecule has 0 aromatic rings. The molecule has 1 saturated heterocycles. The second-order valence-electron chi connectivity index (χ2n) is 6.03.